The van der Waals surface area contributed by atoms with Crippen LogP contribution in [0.25, 0.3) is 10.8 Å². The molecule has 5 nitrogen and oxygen atoms in total. The van der Waals surface area contributed by atoms with Crippen LogP contribution in [0.2, 0.25) is 0 Å². The molecule has 0 bridgehead atoms. The third-order valence-corrected chi connectivity index (χ3v) is 4.49. The molecule has 1 N–H and O–H groups in total. The van der Waals surface area contributed by atoms with E-state index in [1.165, 1.54) is 5.01 Å². The molecule has 0 aliphatic heterocycles. The second-order valence-electron chi connectivity index (χ2n) is 7.94. The quantitative estimate of drug-likeness (QED) is 0.602. The summed E-state index contributed by atoms with van der Waals surface area (Å²) in [4.78, 5) is 25.6. The molecule has 0 unspecified atom stereocenters. The van der Waals surface area contributed by atoms with E-state index in [0.29, 0.717) is 5.56 Å². The van der Waals surface area contributed by atoms with E-state index in [1.807, 2.05) is 55.5 Å². The number of amides is 2. The first-order chi connectivity index (χ1) is 13.7. The van der Waals surface area contributed by atoms with Crippen LogP contribution in [0, 0.1) is 0 Å². The molecule has 0 spiro atoms. The molecule has 0 radical (unpaired) electrons. The molecule has 0 fully saturated rings. The molecule has 0 saturated heterocycles. The lowest BCUT2D eigenvalue weighted by atomic mass is 10.0. The largest absolute Gasteiger partial charge is 0.443 e. The first kappa shape index (κ1) is 20.4. The summed E-state index contributed by atoms with van der Waals surface area (Å²) in [6, 6.07) is 22.5. The SMILES string of the molecule is C[C@H](c1ccc2ccccc2c1)N(NC(=O)OC(C)(C)C)C(=O)c1ccccc1. The Kier molecular flexibility index (Phi) is 5.87. The van der Waals surface area contributed by atoms with Crippen LogP contribution in [0.15, 0.2) is 72.8 Å². The first-order valence-corrected chi connectivity index (χ1v) is 9.61. The average molecular weight is 390 g/mol. The maximum absolute atomic E-state index is 13.2. The van der Waals surface area contributed by atoms with Gasteiger partial charge in [0.2, 0.25) is 0 Å². The van der Waals surface area contributed by atoms with Gasteiger partial charge in [-0.1, -0.05) is 54.6 Å². The normalized spacial score (nSPS) is 12.3. The van der Waals surface area contributed by atoms with E-state index in [0.717, 1.165) is 16.3 Å². The molecule has 0 aromatic heterocycles. The van der Waals surface area contributed by atoms with Crippen LogP contribution in [-0.4, -0.2) is 22.6 Å². The molecule has 150 valence electrons. The van der Waals surface area contributed by atoms with Crippen LogP contribution in [-0.2, 0) is 4.74 Å². The van der Waals surface area contributed by atoms with Crippen molar-refractivity contribution in [3.05, 3.63) is 83.9 Å². The van der Waals surface area contributed by atoms with Crippen molar-refractivity contribution in [2.75, 3.05) is 0 Å². The zero-order valence-corrected chi connectivity index (χ0v) is 17.2. The zero-order chi connectivity index (χ0) is 21.0. The molecular weight excluding hydrogens is 364 g/mol. The van der Waals surface area contributed by atoms with Crippen molar-refractivity contribution in [3.8, 4) is 0 Å². The number of nitrogens with zero attached hydrogens (tertiary/aromatic N) is 1. The van der Waals surface area contributed by atoms with E-state index in [4.69, 9.17) is 4.74 Å². The lowest BCUT2D eigenvalue weighted by molar-refractivity contribution is 0.0227. The van der Waals surface area contributed by atoms with E-state index in [9.17, 15) is 9.59 Å². The molecule has 0 aliphatic carbocycles. The second kappa shape index (κ2) is 8.35. The minimum atomic E-state index is -0.672. The fraction of sp³-hybridized carbons (Fsp3) is 0.250. The van der Waals surface area contributed by atoms with E-state index in [2.05, 4.69) is 5.43 Å². The summed E-state index contributed by atoms with van der Waals surface area (Å²) in [6.45, 7) is 7.22. The van der Waals surface area contributed by atoms with Crippen molar-refractivity contribution in [3.63, 3.8) is 0 Å². The molecule has 0 saturated carbocycles. The summed E-state index contributed by atoms with van der Waals surface area (Å²) in [5, 5.41) is 3.51. The second-order valence-corrected chi connectivity index (χ2v) is 7.94. The van der Waals surface area contributed by atoms with Gasteiger partial charge in [-0.15, -0.1) is 0 Å². The molecular formula is C24H26N2O3. The Morgan fingerprint density at radius 1 is 0.897 bits per heavy atom. The summed E-state index contributed by atoms with van der Waals surface area (Å²) < 4.78 is 5.37. The Hall–Kier alpha value is -3.34. The van der Waals surface area contributed by atoms with Gasteiger partial charge in [0.25, 0.3) is 5.91 Å². The van der Waals surface area contributed by atoms with Gasteiger partial charge in [-0.2, -0.15) is 0 Å². The van der Waals surface area contributed by atoms with Crippen LogP contribution in [0.3, 0.4) is 0 Å². The monoisotopic (exact) mass is 390 g/mol. The predicted molar refractivity (Wildman–Crippen MR) is 114 cm³/mol. The summed E-state index contributed by atoms with van der Waals surface area (Å²) in [6.07, 6.45) is -0.672. The number of carbonyl (C=O) groups is 2. The van der Waals surface area contributed by atoms with Gasteiger partial charge in [0, 0.05) is 5.56 Å². The van der Waals surface area contributed by atoms with Gasteiger partial charge in [-0.25, -0.2) is 15.2 Å². The van der Waals surface area contributed by atoms with Crippen LogP contribution < -0.4 is 5.43 Å². The Morgan fingerprint density at radius 2 is 1.52 bits per heavy atom. The summed E-state index contributed by atoms with van der Waals surface area (Å²) in [7, 11) is 0. The number of carbonyl (C=O) groups excluding carboxylic acids is 2. The standard InChI is InChI=1S/C24H26N2O3/c1-17(20-15-14-18-10-8-9-13-21(18)16-20)26(25-23(28)29-24(2,3)4)22(27)19-11-6-5-7-12-19/h5-17H,1-4H3,(H,25,28)/t17-/m1/s1. The van der Waals surface area contributed by atoms with Crippen LogP contribution >= 0.6 is 0 Å². The molecule has 29 heavy (non-hydrogen) atoms. The predicted octanol–water partition coefficient (Wildman–Crippen LogP) is 5.48. The van der Waals surface area contributed by atoms with Crippen molar-refractivity contribution >= 4 is 22.8 Å². The lowest BCUT2D eigenvalue weighted by Gasteiger charge is -2.31. The third-order valence-electron chi connectivity index (χ3n) is 4.49. The summed E-state index contributed by atoms with van der Waals surface area (Å²) in [5.41, 5.74) is 3.36. The number of benzene rings is 3. The van der Waals surface area contributed by atoms with Crippen molar-refractivity contribution in [2.24, 2.45) is 0 Å². The lowest BCUT2D eigenvalue weighted by Crippen LogP contribution is -2.49. The number of rotatable bonds is 3. The third kappa shape index (κ3) is 5.13. The van der Waals surface area contributed by atoms with Gasteiger partial charge in [0.1, 0.15) is 5.60 Å². The molecule has 3 aromatic carbocycles. The van der Waals surface area contributed by atoms with Gasteiger partial charge in [-0.3, -0.25) is 4.79 Å². The van der Waals surface area contributed by atoms with E-state index in [-0.39, 0.29) is 5.91 Å². The highest BCUT2D eigenvalue weighted by molar-refractivity contribution is 5.95. The number of nitrogens with one attached hydrogen (secondary N) is 1. The average Bonchev–Trinajstić information content (AvgIpc) is 2.70. The number of hydrogen-bond donors (Lipinski definition) is 1. The molecule has 0 aliphatic rings. The maximum Gasteiger partial charge on any atom is 0.426 e. The van der Waals surface area contributed by atoms with Gasteiger partial charge in [0.15, 0.2) is 0 Å². The molecule has 1 atom stereocenters. The van der Waals surface area contributed by atoms with Gasteiger partial charge < -0.3 is 4.74 Å². The van der Waals surface area contributed by atoms with Crippen molar-refractivity contribution in [2.45, 2.75) is 39.3 Å². The molecule has 0 heterocycles. The molecule has 3 aromatic rings. The van der Waals surface area contributed by atoms with E-state index in [1.54, 1.807) is 45.0 Å². The molecule has 5 heteroatoms. The van der Waals surface area contributed by atoms with E-state index < -0.39 is 17.7 Å². The Morgan fingerprint density at radius 3 is 2.17 bits per heavy atom. The number of fused-ring (bicyclic) bond motifs is 1. The van der Waals surface area contributed by atoms with Crippen LogP contribution in [0.5, 0.6) is 0 Å². The van der Waals surface area contributed by atoms with Gasteiger partial charge >= 0.3 is 6.09 Å². The van der Waals surface area contributed by atoms with Crippen LogP contribution in [0.1, 0.15) is 49.7 Å². The van der Waals surface area contributed by atoms with Crippen molar-refractivity contribution < 1.29 is 14.3 Å². The highest BCUT2D eigenvalue weighted by Crippen LogP contribution is 2.25. The number of ether oxygens (including phenoxy) is 1. The van der Waals surface area contributed by atoms with Gasteiger partial charge in [-0.05, 0) is 62.2 Å². The fourth-order valence-corrected chi connectivity index (χ4v) is 3.06. The van der Waals surface area contributed by atoms with Gasteiger partial charge in [0.05, 0.1) is 6.04 Å². The molecule has 3 rings (SSSR count). The Balaban J connectivity index is 1.93. The maximum atomic E-state index is 13.2. The Bertz CT molecular complexity index is 1010. The first-order valence-electron chi connectivity index (χ1n) is 9.61. The highest BCUT2D eigenvalue weighted by Gasteiger charge is 2.27. The summed E-state index contributed by atoms with van der Waals surface area (Å²) in [5.74, 6) is -0.308. The van der Waals surface area contributed by atoms with Crippen LogP contribution in [0.4, 0.5) is 4.79 Å². The minimum absolute atomic E-state index is 0.308. The highest BCUT2D eigenvalue weighted by atomic mass is 16.6. The molecule has 2 amide bonds. The topological polar surface area (TPSA) is 58.6 Å². The zero-order valence-electron chi connectivity index (χ0n) is 17.2. The fourth-order valence-electron chi connectivity index (χ4n) is 3.06. The minimum Gasteiger partial charge on any atom is -0.443 e. The van der Waals surface area contributed by atoms with Crippen molar-refractivity contribution in [1.82, 2.24) is 10.4 Å². The Labute approximate surface area is 171 Å². The smallest absolute Gasteiger partial charge is 0.426 e. The summed E-state index contributed by atoms with van der Waals surface area (Å²) >= 11 is 0. The number of hydrogen-bond acceptors (Lipinski definition) is 3. The van der Waals surface area contributed by atoms with E-state index >= 15 is 0 Å². The number of hydrazine groups is 1. The van der Waals surface area contributed by atoms with Crippen molar-refractivity contribution in [1.29, 1.82) is 0 Å².